The summed E-state index contributed by atoms with van der Waals surface area (Å²) < 4.78 is 0. The Morgan fingerprint density at radius 2 is 2.35 bits per heavy atom. The zero-order valence-electron chi connectivity index (χ0n) is 12.0. The van der Waals surface area contributed by atoms with E-state index >= 15 is 0 Å². The Morgan fingerprint density at radius 3 is 3.00 bits per heavy atom. The molecular weight excluding hydrogens is 270 g/mol. The highest BCUT2D eigenvalue weighted by Crippen LogP contribution is 2.36. The normalized spacial score (nSPS) is 15.3. The van der Waals surface area contributed by atoms with Gasteiger partial charge in [0, 0.05) is 13.0 Å². The van der Waals surface area contributed by atoms with E-state index in [1.54, 1.807) is 0 Å². The van der Waals surface area contributed by atoms with Crippen LogP contribution >= 0.6 is 11.3 Å². The molecule has 1 atom stereocenters. The molecule has 0 spiro atoms. The first-order valence-corrected chi connectivity index (χ1v) is 7.91. The summed E-state index contributed by atoms with van der Waals surface area (Å²) in [5.74, 6) is 7.29. The van der Waals surface area contributed by atoms with Crippen LogP contribution in [-0.2, 0) is 0 Å². The van der Waals surface area contributed by atoms with Crippen LogP contribution in [0, 0.1) is 30.6 Å². The molecule has 4 heteroatoms. The summed E-state index contributed by atoms with van der Waals surface area (Å²) in [7, 11) is 0. The van der Waals surface area contributed by atoms with Crippen LogP contribution in [0.2, 0.25) is 0 Å². The molecule has 2 rings (SSSR count). The maximum atomic E-state index is 12.1. The van der Waals surface area contributed by atoms with Crippen molar-refractivity contribution < 1.29 is 9.90 Å². The Kier molecular flexibility index (Phi) is 5.22. The predicted molar refractivity (Wildman–Crippen MR) is 81.9 cm³/mol. The van der Waals surface area contributed by atoms with Crippen molar-refractivity contribution in [2.45, 2.75) is 33.1 Å². The molecule has 20 heavy (non-hydrogen) atoms. The minimum Gasteiger partial charge on any atom is -0.395 e. The van der Waals surface area contributed by atoms with Crippen molar-refractivity contribution in [2.24, 2.45) is 11.8 Å². The number of aryl methyl sites for hydroxylation is 1. The minimum absolute atomic E-state index is 0.000748. The molecule has 3 nitrogen and oxygen atoms in total. The number of carbonyl (C=O) groups excluding carboxylic acids is 1. The maximum absolute atomic E-state index is 12.1. The number of aliphatic hydroxyl groups excluding tert-OH is 1. The molecule has 0 aromatic carbocycles. The highest BCUT2D eigenvalue weighted by molar-refractivity contribution is 7.14. The van der Waals surface area contributed by atoms with Gasteiger partial charge in [0.2, 0.25) is 0 Å². The first-order valence-electron chi connectivity index (χ1n) is 7.10. The average Bonchev–Trinajstić information content (AvgIpc) is 3.21. The Bertz CT molecular complexity index is 534. The fourth-order valence-corrected chi connectivity index (χ4v) is 3.05. The zero-order chi connectivity index (χ0) is 14.5. The molecule has 0 aliphatic heterocycles. The highest BCUT2D eigenvalue weighted by Gasteiger charge is 2.28. The lowest BCUT2D eigenvalue weighted by atomic mass is 10.1. The first kappa shape index (κ1) is 15.1. The highest BCUT2D eigenvalue weighted by atomic mass is 32.1. The first-order chi connectivity index (χ1) is 9.61. The molecule has 0 radical (unpaired) electrons. The lowest BCUT2D eigenvalue weighted by Crippen LogP contribution is -2.28. The maximum Gasteiger partial charge on any atom is 0.261 e. The monoisotopic (exact) mass is 291 g/mol. The second kappa shape index (κ2) is 6.92. The fourth-order valence-electron chi connectivity index (χ4n) is 2.09. The Labute approximate surface area is 124 Å². The Hall–Kier alpha value is -1.31. The summed E-state index contributed by atoms with van der Waals surface area (Å²) in [4.78, 5) is 13.7. The molecule has 0 saturated heterocycles. The lowest BCUT2D eigenvalue weighted by molar-refractivity contribution is 0.0950. The summed E-state index contributed by atoms with van der Waals surface area (Å²) in [6.45, 7) is 4.99. The SMILES string of the molecule is Cc1cc(C(=O)NCC(C)C2CC2)sc1C#CCCO. The van der Waals surface area contributed by atoms with Gasteiger partial charge in [0.05, 0.1) is 16.4 Å². The van der Waals surface area contributed by atoms with Crippen LogP contribution < -0.4 is 5.32 Å². The third kappa shape index (κ3) is 4.09. The van der Waals surface area contributed by atoms with Gasteiger partial charge in [0.25, 0.3) is 5.91 Å². The van der Waals surface area contributed by atoms with Gasteiger partial charge in [0.1, 0.15) is 0 Å². The summed E-state index contributed by atoms with van der Waals surface area (Å²) in [6, 6.07) is 1.89. The number of amides is 1. The van der Waals surface area contributed by atoms with Crippen molar-refractivity contribution in [1.82, 2.24) is 5.32 Å². The van der Waals surface area contributed by atoms with E-state index in [-0.39, 0.29) is 12.5 Å². The number of hydrogen-bond donors (Lipinski definition) is 2. The molecule has 2 N–H and O–H groups in total. The van der Waals surface area contributed by atoms with Crippen LogP contribution in [0.15, 0.2) is 6.07 Å². The van der Waals surface area contributed by atoms with Crippen LogP contribution in [0.25, 0.3) is 0 Å². The number of hydrogen-bond acceptors (Lipinski definition) is 3. The van der Waals surface area contributed by atoms with E-state index < -0.39 is 0 Å². The van der Waals surface area contributed by atoms with E-state index in [1.165, 1.54) is 24.2 Å². The van der Waals surface area contributed by atoms with E-state index in [0.717, 1.165) is 27.8 Å². The Morgan fingerprint density at radius 1 is 1.60 bits per heavy atom. The molecule has 1 amide bonds. The van der Waals surface area contributed by atoms with E-state index in [1.807, 2.05) is 13.0 Å². The van der Waals surface area contributed by atoms with Gasteiger partial charge in [-0.2, -0.15) is 0 Å². The number of carbonyl (C=O) groups is 1. The number of nitrogens with one attached hydrogen (secondary N) is 1. The van der Waals surface area contributed by atoms with Crippen LogP contribution in [-0.4, -0.2) is 24.2 Å². The zero-order valence-corrected chi connectivity index (χ0v) is 12.8. The Balaban J connectivity index is 1.92. The molecule has 1 fully saturated rings. The third-order valence-corrected chi connectivity index (χ3v) is 4.74. The largest absolute Gasteiger partial charge is 0.395 e. The van der Waals surface area contributed by atoms with Gasteiger partial charge in [-0.15, -0.1) is 11.3 Å². The lowest BCUT2D eigenvalue weighted by Gasteiger charge is -2.10. The summed E-state index contributed by atoms with van der Waals surface area (Å²) in [6.07, 6.45) is 3.08. The molecule has 1 heterocycles. The van der Waals surface area contributed by atoms with Gasteiger partial charge in [-0.05, 0) is 43.2 Å². The van der Waals surface area contributed by atoms with Crippen molar-refractivity contribution in [1.29, 1.82) is 0 Å². The number of aliphatic hydroxyl groups is 1. The van der Waals surface area contributed by atoms with Gasteiger partial charge >= 0.3 is 0 Å². The van der Waals surface area contributed by atoms with Gasteiger partial charge in [0.15, 0.2) is 0 Å². The van der Waals surface area contributed by atoms with E-state index in [4.69, 9.17) is 5.11 Å². The summed E-state index contributed by atoms with van der Waals surface area (Å²) in [5.41, 5.74) is 1.03. The summed E-state index contributed by atoms with van der Waals surface area (Å²) >= 11 is 1.43. The van der Waals surface area contributed by atoms with Crippen LogP contribution in [0.4, 0.5) is 0 Å². The van der Waals surface area contributed by atoms with Crippen molar-refractivity contribution in [3.05, 3.63) is 21.4 Å². The quantitative estimate of drug-likeness (QED) is 0.819. The molecule has 108 valence electrons. The number of thiophene rings is 1. The number of rotatable bonds is 5. The van der Waals surface area contributed by atoms with Gasteiger partial charge in [-0.25, -0.2) is 0 Å². The van der Waals surface area contributed by atoms with Crippen LogP contribution in [0.1, 0.15) is 46.3 Å². The van der Waals surface area contributed by atoms with Gasteiger partial charge in [-0.1, -0.05) is 18.8 Å². The molecule has 0 bridgehead atoms. The van der Waals surface area contributed by atoms with Crippen molar-refractivity contribution in [3.8, 4) is 11.8 Å². The molecular formula is C16H21NO2S. The summed E-state index contributed by atoms with van der Waals surface area (Å²) in [5, 5.41) is 11.7. The second-order valence-electron chi connectivity index (χ2n) is 5.42. The molecule has 1 aliphatic carbocycles. The molecule has 1 aromatic rings. The fraction of sp³-hybridized carbons (Fsp3) is 0.562. The van der Waals surface area contributed by atoms with Crippen LogP contribution in [0.3, 0.4) is 0 Å². The predicted octanol–water partition coefficient (Wildman–Crippen LogP) is 2.57. The van der Waals surface area contributed by atoms with E-state index in [0.29, 0.717) is 12.3 Å². The van der Waals surface area contributed by atoms with E-state index in [2.05, 4.69) is 24.1 Å². The van der Waals surface area contributed by atoms with Crippen molar-refractivity contribution >= 4 is 17.2 Å². The third-order valence-electron chi connectivity index (χ3n) is 3.59. The van der Waals surface area contributed by atoms with Crippen molar-refractivity contribution in [3.63, 3.8) is 0 Å². The smallest absolute Gasteiger partial charge is 0.261 e. The van der Waals surface area contributed by atoms with Crippen molar-refractivity contribution in [2.75, 3.05) is 13.2 Å². The molecule has 1 saturated carbocycles. The van der Waals surface area contributed by atoms with Gasteiger partial charge in [-0.3, -0.25) is 4.79 Å². The second-order valence-corrected chi connectivity index (χ2v) is 6.48. The average molecular weight is 291 g/mol. The van der Waals surface area contributed by atoms with Gasteiger partial charge < -0.3 is 10.4 Å². The molecule has 1 aliphatic rings. The minimum atomic E-state index is 0.000748. The standard InChI is InChI=1S/C16H21NO2S/c1-11-9-15(20-14(11)5-3-4-8-18)16(19)17-10-12(2)13-6-7-13/h9,12-13,18H,4,6-8,10H2,1-2H3,(H,17,19). The molecule has 1 aromatic heterocycles. The molecule has 1 unspecified atom stereocenters. The van der Waals surface area contributed by atoms with Crippen LogP contribution in [0.5, 0.6) is 0 Å². The van der Waals surface area contributed by atoms with E-state index in [9.17, 15) is 4.79 Å². The topological polar surface area (TPSA) is 49.3 Å².